The average Bonchev–Trinajstić information content (AvgIpc) is 4.27. The summed E-state index contributed by atoms with van der Waals surface area (Å²) >= 11 is 0. The number of cyclic esters (lactones) is 2. The van der Waals surface area contributed by atoms with E-state index in [0.717, 1.165) is 125 Å². The maximum absolute atomic E-state index is 13.1. The first kappa shape index (κ1) is 47.6. The van der Waals surface area contributed by atoms with Gasteiger partial charge in [0.25, 0.3) is 0 Å². The van der Waals surface area contributed by atoms with Crippen molar-refractivity contribution in [1.82, 2.24) is 0 Å². The van der Waals surface area contributed by atoms with Crippen molar-refractivity contribution in [3.8, 4) is 45.3 Å². The predicted octanol–water partition coefficient (Wildman–Crippen LogP) is 11.4. The minimum Gasteiger partial charge on any atom is -0.490 e. The number of epoxide rings is 2. The summed E-state index contributed by atoms with van der Waals surface area (Å²) in [6.07, 6.45) is -0.526. The number of anilines is 2. The van der Waals surface area contributed by atoms with Gasteiger partial charge in [0.1, 0.15) is 61.6 Å². The molecular formula is C59H62N2O10. The lowest BCUT2D eigenvalue weighted by molar-refractivity contribution is 0.104. The summed E-state index contributed by atoms with van der Waals surface area (Å²) in [6, 6.07) is 33.2. The van der Waals surface area contributed by atoms with Crippen molar-refractivity contribution in [1.29, 1.82) is 0 Å². The lowest BCUT2D eigenvalue weighted by Crippen LogP contribution is -2.26. The van der Waals surface area contributed by atoms with Gasteiger partial charge in [-0.2, -0.15) is 0 Å². The third kappa shape index (κ3) is 10.8. The molecule has 0 aliphatic carbocycles. The molecule has 4 aliphatic rings. The third-order valence-corrected chi connectivity index (χ3v) is 13.6. The van der Waals surface area contributed by atoms with Gasteiger partial charge in [0.15, 0.2) is 12.2 Å². The van der Waals surface area contributed by atoms with Crippen molar-refractivity contribution in [3.63, 3.8) is 0 Å². The second kappa shape index (κ2) is 20.0. The number of hydrogen-bond acceptors (Lipinski definition) is 10. The Hall–Kier alpha value is -7.02. The molecule has 71 heavy (non-hydrogen) atoms. The van der Waals surface area contributed by atoms with Crippen molar-refractivity contribution < 1.29 is 47.5 Å². The fourth-order valence-corrected chi connectivity index (χ4v) is 9.87. The molecule has 4 heterocycles. The van der Waals surface area contributed by atoms with Crippen LogP contribution in [-0.2, 0) is 25.4 Å². The molecule has 0 aromatic heterocycles. The normalized spacial score (nSPS) is 19.2. The van der Waals surface area contributed by atoms with Gasteiger partial charge in [0.2, 0.25) is 0 Å². The lowest BCUT2D eigenvalue weighted by atomic mass is 9.96. The van der Waals surface area contributed by atoms with Gasteiger partial charge in [0, 0.05) is 11.4 Å². The van der Waals surface area contributed by atoms with E-state index >= 15 is 0 Å². The molecule has 0 bridgehead atoms. The minimum absolute atomic E-state index is 0.207. The van der Waals surface area contributed by atoms with Crippen molar-refractivity contribution in [2.75, 3.05) is 62.5 Å². The summed E-state index contributed by atoms with van der Waals surface area (Å²) in [4.78, 5) is 29.5. The molecule has 12 heteroatoms. The van der Waals surface area contributed by atoms with Crippen LogP contribution in [0.4, 0.5) is 21.0 Å². The monoisotopic (exact) mass is 958 g/mol. The van der Waals surface area contributed by atoms with E-state index < -0.39 is 24.4 Å². The van der Waals surface area contributed by atoms with Crippen LogP contribution in [-0.4, -0.2) is 89.3 Å². The number of rotatable bonds is 18. The van der Waals surface area contributed by atoms with Gasteiger partial charge < -0.3 is 37.9 Å². The van der Waals surface area contributed by atoms with Crippen molar-refractivity contribution in [2.45, 2.75) is 86.2 Å². The number of ether oxygens (including phenoxy) is 8. The fraction of sp³-hybridized carbons (Fsp3) is 0.356. The van der Waals surface area contributed by atoms with Crippen LogP contribution in [0.15, 0.2) is 97.1 Å². The molecule has 4 fully saturated rings. The summed E-state index contributed by atoms with van der Waals surface area (Å²) in [6.45, 7) is 20.5. The standard InChI is InChI=1S/C59H62N2O10/c1-34-17-44(46-21-38(5)56(39(6)22-46)68-32-52-30-64-52)18-35(2)54(34)66-28-50-26-60(58(62)70-50)48-13-9-42(10-14-48)25-43-11-15-49(16-12-43)61-27-51(71-59(61)63)29-67-55-36(3)19-45(20-37(55)4)47-23-40(7)57(41(8)24-47)69-33-53-31-65-53/h9-24,50-53H,25-33H2,1-8H3. The maximum atomic E-state index is 13.1. The van der Waals surface area contributed by atoms with Crippen LogP contribution < -0.4 is 28.7 Å². The summed E-state index contributed by atoms with van der Waals surface area (Å²) in [5, 5.41) is 0. The Morgan fingerprint density at radius 1 is 0.408 bits per heavy atom. The molecule has 4 saturated heterocycles. The molecule has 4 unspecified atom stereocenters. The van der Waals surface area contributed by atoms with Crippen LogP contribution in [0.25, 0.3) is 22.3 Å². The van der Waals surface area contributed by atoms with Gasteiger partial charge in [-0.05, 0) is 212 Å². The highest BCUT2D eigenvalue weighted by atomic mass is 16.6. The van der Waals surface area contributed by atoms with E-state index in [9.17, 15) is 9.59 Å². The zero-order chi connectivity index (χ0) is 49.5. The topological polar surface area (TPSA) is 121 Å². The Balaban J connectivity index is 0.694. The smallest absolute Gasteiger partial charge is 0.414 e. The fourth-order valence-electron chi connectivity index (χ4n) is 9.87. The lowest BCUT2D eigenvalue weighted by Gasteiger charge is -2.18. The maximum Gasteiger partial charge on any atom is 0.414 e. The van der Waals surface area contributed by atoms with Gasteiger partial charge in [-0.3, -0.25) is 9.80 Å². The Morgan fingerprint density at radius 2 is 0.662 bits per heavy atom. The number of benzene rings is 6. The molecule has 0 radical (unpaired) electrons. The zero-order valence-electron chi connectivity index (χ0n) is 41.9. The second-order valence-electron chi connectivity index (χ2n) is 19.7. The third-order valence-electron chi connectivity index (χ3n) is 13.6. The van der Waals surface area contributed by atoms with Gasteiger partial charge >= 0.3 is 12.2 Å². The number of hydrogen-bond donors (Lipinski definition) is 0. The highest BCUT2D eigenvalue weighted by Crippen LogP contribution is 2.37. The summed E-state index contributed by atoms with van der Waals surface area (Å²) < 4.78 is 46.9. The van der Waals surface area contributed by atoms with E-state index in [-0.39, 0.29) is 25.4 Å². The summed E-state index contributed by atoms with van der Waals surface area (Å²) in [7, 11) is 0. The first-order valence-electron chi connectivity index (χ1n) is 24.6. The van der Waals surface area contributed by atoms with E-state index in [1.165, 1.54) is 0 Å². The highest BCUT2D eigenvalue weighted by molar-refractivity contribution is 5.90. The Bertz CT molecular complexity index is 2680. The number of aryl methyl sites for hydroxylation is 8. The largest absolute Gasteiger partial charge is 0.490 e. The summed E-state index contributed by atoms with van der Waals surface area (Å²) in [5.41, 5.74) is 16.6. The first-order valence-corrected chi connectivity index (χ1v) is 24.6. The van der Waals surface area contributed by atoms with Gasteiger partial charge in [-0.15, -0.1) is 0 Å². The van der Waals surface area contributed by atoms with E-state index in [2.05, 4.69) is 76.2 Å². The van der Waals surface area contributed by atoms with Crippen LogP contribution in [0, 0.1) is 55.4 Å². The SMILES string of the molecule is Cc1cc(-c2cc(C)c(OCC3CN(c4ccc(Cc5ccc(N6CC(COc7c(C)cc(-c8cc(C)c(OCC9CO9)c(C)c8)cc7C)OC6=O)cc5)cc4)C(=O)O3)c(C)c2)cc(C)c1OCC1CO1. The second-order valence-corrected chi connectivity index (χ2v) is 19.7. The number of carbonyl (C=O) groups is 2. The zero-order valence-corrected chi connectivity index (χ0v) is 41.9. The molecule has 0 spiro atoms. The number of amides is 2. The van der Waals surface area contributed by atoms with Crippen LogP contribution in [0.2, 0.25) is 0 Å². The first-order chi connectivity index (χ1) is 34.2. The Kier molecular flexibility index (Phi) is 13.4. The summed E-state index contributed by atoms with van der Waals surface area (Å²) in [5.74, 6) is 3.43. The Labute approximate surface area is 416 Å². The number of carbonyl (C=O) groups excluding carboxylic acids is 2. The van der Waals surface area contributed by atoms with Crippen LogP contribution in [0.3, 0.4) is 0 Å². The highest BCUT2D eigenvalue weighted by Gasteiger charge is 2.35. The van der Waals surface area contributed by atoms with E-state index in [4.69, 9.17) is 37.9 Å². The molecule has 4 aliphatic heterocycles. The molecule has 10 rings (SSSR count). The molecule has 0 N–H and O–H groups in total. The Morgan fingerprint density at radius 3 is 0.915 bits per heavy atom. The van der Waals surface area contributed by atoms with Crippen molar-refractivity contribution in [3.05, 3.63) is 153 Å². The van der Waals surface area contributed by atoms with Crippen molar-refractivity contribution >= 4 is 23.6 Å². The molecule has 2 amide bonds. The average molecular weight is 959 g/mol. The molecule has 368 valence electrons. The van der Waals surface area contributed by atoms with E-state index in [1.54, 1.807) is 9.80 Å². The number of nitrogens with zero attached hydrogens (tertiary/aromatic N) is 2. The van der Waals surface area contributed by atoms with Crippen molar-refractivity contribution in [2.24, 2.45) is 0 Å². The quantitative estimate of drug-likeness (QED) is 0.0770. The molecule has 12 nitrogen and oxygen atoms in total. The van der Waals surface area contributed by atoms with Crippen LogP contribution >= 0.6 is 0 Å². The van der Waals surface area contributed by atoms with Gasteiger partial charge in [-0.1, -0.05) is 24.3 Å². The predicted molar refractivity (Wildman–Crippen MR) is 274 cm³/mol. The van der Waals surface area contributed by atoms with E-state index in [0.29, 0.717) is 32.7 Å². The van der Waals surface area contributed by atoms with Crippen LogP contribution in [0.1, 0.15) is 55.6 Å². The minimum atomic E-state index is -0.419. The molecular weight excluding hydrogens is 897 g/mol. The molecule has 6 aromatic carbocycles. The molecule has 0 saturated carbocycles. The van der Waals surface area contributed by atoms with Gasteiger partial charge in [0.05, 0.1) is 26.3 Å². The van der Waals surface area contributed by atoms with Crippen LogP contribution in [0.5, 0.6) is 23.0 Å². The molecule has 4 atom stereocenters. The van der Waals surface area contributed by atoms with Gasteiger partial charge in [-0.25, -0.2) is 9.59 Å². The molecule has 6 aromatic rings. The van der Waals surface area contributed by atoms with E-state index in [1.807, 2.05) is 76.2 Å².